The van der Waals surface area contributed by atoms with Gasteiger partial charge in [-0.25, -0.2) is 0 Å². The van der Waals surface area contributed by atoms with E-state index in [0.717, 1.165) is 32.1 Å². The SMILES string of the molecule is CCCCCC(=O)C(C)(C[N+](=O)[O-])C1CCCCC1=O. The highest BCUT2D eigenvalue weighted by molar-refractivity contribution is 5.92. The van der Waals surface area contributed by atoms with Crippen LogP contribution in [0.5, 0.6) is 0 Å². The molecule has 1 aliphatic carbocycles. The largest absolute Gasteiger partial charge is 0.299 e. The van der Waals surface area contributed by atoms with Crippen LogP contribution in [0.25, 0.3) is 0 Å². The van der Waals surface area contributed by atoms with Crippen molar-refractivity contribution in [3.8, 4) is 0 Å². The first kappa shape index (κ1) is 16.8. The molecule has 2 unspecified atom stereocenters. The Morgan fingerprint density at radius 1 is 1.40 bits per heavy atom. The van der Waals surface area contributed by atoms with Gasteiger partial charge in [0.25, 0.3) is 0 Å². The van der Waals surface area contributed by atoms with Crippen LogP contribution in [-0.2, 0) is 9.59 Å². The molecule has 5 heteroatoms. The van der Waals surface area contributed by atoms with E-state index in [1.165, 1.54) is 0 Å². The fourth-order valence-corrected chi connectivity index (χ4v) is 3.14. The molecular weight excluding hydrogens is 258 g/mol. The van der Waals surface area contributed by atoms with E-state index < -0.39 is 22.8 Å². The summed E-state index contributed by atoms with van der Waals surface area (Å²) in [5.74, 6) is -0.539. The van der Waals surface area contributed by atoms with Crippen LogP contribution in [0.3, 0.4) is 0 Å². The third-order valence-electron chi connectivity index (χ3n) is 4.43. The Balaban J connectivity index is 2.86. The van der Waals surface area contributed by atoms with Gasteiger partial charge in [-0.15, -0.1) is 0 Å². The number of ketones is 2. The van der Waals surface area contributed by atoms with Gasteiger partial charge in [0, 0.05) is 23.7 Å². The van der Waals surface area contributed by atoms with Crippen LogP contribution in [0.2, 0.25) is 0 Å². The second kappa shape index (κ2) is 7.50. The summed E-state index contributed by atoms with van der Waals surface area (Å²) in [6.07, 6.45) is 5.84. The molecule has 2 atom stereocenters. The van der Waals surface area contributed by atoms with Crippen LogP contribution in [0.4, 0.5) is 0 Å². The number of carbonyl (C=O) groups excluding carboxylic acids is 2. The fourth-order valence-electron chi connectivity index (χ4n) is 3.14. The number of hydrogen-bond acceptors (Lipinski definition) is 4. The maximum atomic E-state index is 12.5. The van der Waals surface area contributed by atoms with Gasteiger partial charge in [-0.3, -0.25) is 19.7 Å². The number of carbonyl (C=O) groups is 2. The molecule has 0 aromatic carbocycles. The molecule has 0 amide bonds. The van der Waals surface area contributed by atoms with E-state index in [-0.39, 0.29) is 11.6 Å². The van der Waals surface area contributed by atoms with Crippen molar-refractivity contribution in [1.29, 1.82) is 0 Å². The Hall–Kier alpha value is -1.26. The summed E-state index contributed by atoms with van der Waals surface area (Å²) in [6, 6.07) is 0. The van der Waals surface area contributed by atoms with Crippen LogP contribution in [-0.4, -0.2) is 23.0 Å². The van der Waals surface area contributed by atoms with Crippen molar-refractivity contribution in [3.05, 3.63) is 10.1 Å². The van der Waals surface area contributed by atoms with Gasteiger partial charge < -0.3 is 0 Å². The van der Waals surface area contributed by atoms with Crippen molar-refractivity contribution in [2.24, 2.45) is 11.3 Å². The summed E-state index contributed by atoms with van der Waals surface area (Å²) in [5, 5.41) is 10.9. The quantitative estimate of drug-likeness (QED) is 0.389. The average Bonchev–Trinajstić information content (AvgIpc) is 2.38. The maximum Gasteiger partial charge on any atom is 0.216 e. The number of Topliss-reactive ketones (excluding diaryl/α,β-unsaturated/α-hetero) is 2. The topological polar surface area (TPSA) is 77.3 Å². The number of nitrogens with zero attached hydrogens (tertiary/aromatic N) is 1. The minimum atomic E-state index is -1.12. The van der Waals surface area contributed by atoms with Gasteiger partial charge in [-0.1, -0.05) is 26.2 Å². The minimum Gasteiger partial charge on any atom is -0.299 e. The standard InChI is InChI=1S/C15H25NO4/c1-3-4-5-10-14(18)15(2,11-16(19)20)12-8-6-7-9-13(12)17/h12H,3-11H2,1-2H3. The summed E-state index contributed by atoms with van der Waals surface area (Å²) in [7, 11) is 0. The molecule has 0 aliphatic heterocycles. The molecule has 0 bridgehead atoms. The van der Waals surface area contributed by atoms with Crippen LogP contribution in [0, 0.1) is 21.4 Å². The summed E-state index contributed by atoms with van der Waals surface area (Å²) < 4.78 is 0. The predicted molar refractivity (Wildman–Crippen MR) is 76.1 cm³/mol. The lowest BCUT2D eigenvalue weighted by atomic mass is 9.66. The van der Waals surface area contributed by atoms with Gasteiger partial charge in [-0.2, -0.15) is 0 Å². The molecule has 1 saturated carbocycles. The van der Waals surface area contributed by atoms with Crippen molar-refractivity contribution >= 4 is 11.6 Å². The van der Waals surface area contributed by atoms with Crippen molar-refractivity contribution < 1.29 is 14.5 Å². The molecule has 0 aromatic heterocycles. The van der Waals surface area contributed by atoms with E-state index in [1.54, 1.807) is 6.92 Å². The lowest BCUT2D eigenvalue weighted by Gasteiger charge is -2.34. The lowest BCUT2D eigenvalue weighted by molar-refractivity contribution is -0.494. The van der Waals surface area contributed by atoms with Gasteiger partial charge in [0.1, 0.15) is 17.0 Å². The van der Waals surface area contributed by atoms with Crippen LogP contribution >= 0.6 is 0 Å². The van der Waals surface area contributed by atoms with E-state index >= 15 is 0 Å². The number of unbranched alkanes of at least 4 members (excludes halogenated alkanes) is 2. The molecule has 1 rings (SSSR count). The van der Waals surface area contributed by atoms with Gasteiger partial charge in [0.2, 0.25) is 6.54 Å². The molecule has 0 radical (unpaired) electrons. The lowest BCUT2D eigenvalue weighted by Crippen LogP contribution is -2.46. The highest BCUT2D eigenvalue weighted by Gasteiger charge is 2.48. The Morgan fingerprint density at radius 2 is 2.10 bits per heavy atom. The Labute approximate surface area is 120 Å². The monoisotopic (exact) mass is 283 g/mol. The van der Waals surface area contributed by atoms with Crippen LogP contribution in [0.1, 0.15) is 65.2 Å². The molecule has 5 nitrogen and oxygen atoms in total. The van der Waals surface area contributed by atoms with E-state index in [0.29, 0.717) is 19.3 Å². The zero-order valence-electron chi connectivity index (χ0n) is 12.5. The Kier molecular flexibility index (Phi) is 6.30. The Morgan fingerprint density at radius 3 is 2.65 bits per heavy atom. The molecule has 0 N–H and O–H groups in total. The Bertz CT molecular complexity index is 380. The highest BCUT2D eigenvalue weighted by atomic mass is 16.6. The summed E-state index contributed by atoms with van der Waals surface area (Å²) >= 11 is 0. The predicted octanol–water partition coefficient (Wildman–Crippen LogP) is 3.18. The van der Waals surface area contributed by atoms with Gasteiger partial charge >= 0.3 is 0 Å². The fraction of sp³-hybridized carbons (Fsp3) is 0.867. The molecule has 0 saturated heterocycles. The summed E-state index contributed by atoms with van der Waals surface area (Å²) in [6.45, 7) is 3.25. The first-order chi connectivity index (χ1) is 9.41. The van der Waals surface area contributed by atoms with E-state index in [2.05, 4.69) is 0 Å². The molecule has 0 heterocycles. The highest BCUT2D eigenvalue weighted by Crippen LogP contribution is 2.38. The zero-order valence-corrected chi connectivity index (χ0v) is 12.5. The van der Waals surface area contributed by atoms with Gasteiger partial charge in [0.15, 0.2) is 0 Å². The first-order valence-electron chi connectivity index (χ1n) is 7.59. The third kappa shape index (κ3) is 4.12. The second-order valence-corrected chi connectivity index (χ2v) is 6.05. The second-order valence-electron chi connectivity index (χ2n) is 6.05. The van der Waals surface area contributed by atoms with Gasteiger partial charge in [0.05, 0.1) is 0 Å². The van der Waals surface area contributed by atoms with Crippen molar-refractivity contribution in [2.45, 2.75) is 65.2 Å². The van der Waals surface area contributed by atoms with E-state index in [1.807, 2.05) is 6.92 Å². The van der Waals surface area contributed by atoms with Crippen LogP contribution < -0.4 is 0 Å². The van der Waals surface area contributed by atoms with Crippen molar-refractivity contribution in [1.82, 2.24) is 0 Å². The molecule has 20 heavy (non-hydrogen) atoms. The molecule has 1 aliphatic rings. The first-order valence-corrected chi connectivity index (χ1v) is 7.59. The summed E-state index contributed by atoms with van der Waals surface area (Å²) in [5.41, 5.74) is -1.12. The van der Waals surface area contributed by atoms with Crippen molar-refractivity contribution in [2.75, 3.05) is 6.54 Å². The van der Waals surface area contributed by atoms with Crippen LogP contribution in [0.15, 0.2) is 0 Å². The smallest absolute Gasteiger partial charge is 0.216 e. The third-order valence-corrected chi connectivity index (χ3v) is 4.43. The summed E-state index contributed by atoms with van der Waals surface area (Å²) in [4.78, 5) is 35.0. The average molecular weight is 283 g/mol. The van der Waals surface area contributed by atoms with Gasteiger partial charge in [-0.05, 0) is 26.2 Å². The molecule has 0 spiro atoms. The minimum absolute atomic E-state index is 0.0319. The number of rotatable bonds is 8. The van der Waals surface area contributed by atoms with E-state index in [9.17, 15) is 19.7 Å². The van der Waals surface area contributed by atoms with Crippen molar-refractivity contribution in [3.63, 3.8) is 0 Å². The molecule has 1 fully saturated rings. The zero-order chi connectivity index (χ0) is 15.2. The number of nitro groups is 1. The molecular formula is C15H25NO4. The normalized spacial score (nSPS) is 22.3. The molecule has 0 aromatic rings. The maximum absolute atomic E-state index is 12.5. The number of hydrogen-bond donors (Lipinski definition) is 0. The van der Waals surface area contributed by atoms with E-state index in [4.69, 9.17) is 0 Å². The molecule has 114 valence electrons.